The van der Waals surface area contributed by atoms with E-state index in [4.69, 9.17) is 37.9 Å². The van der Waals surface area contributed by atoms with Gasteiger partial charge in [0.2, 0.25) is 0 Å². The average molecular weight is 821 g/mol. The van der Waals surface area contributed by atoms with Gasteiger partial charge in [0.1, 0.15) is 12.7 Å². The summed E-state index contributed by atoms with van der Waals surface area (Å²) in [6, 6.07) is 0. The van der Waals surface area contributed by atoms with E-state index >= 15 is 0 Å². The third-order valence-electron chi connectivity index (χ3n) is 14.7. The van der Waals surface area contributed by atoms with Crippen LogP contribution in [0.1, 0.15) is 190 Å². The predicted molar refractivity (Wildman–Crippen MR) is 234 cm³/mol. The maximum Gasteiger partial charge on any atom is 0.181 e. The zero-order chi connectivity index (χ0) is 41.3. The van der Waals surface area contributed by atoms with Gasteiger partial charge in [0.15, 0.2) is 6.29 Å². The van der Waals surface area contributed by atoms with Crippen molar-refractivity contribution < 1.29 is 37.9 Å². The summed E-state index contributed by atoms with van der Waals surface area (Å²) in [7, 11) is 0. The second kappa shape index (κ2) is 25.7. The lowest BCUT2D eigenvalue weighted by Gasteiger charge is -2.26. The van der Waals surface area contributed by atoms with Crippen LogP contribution in [0.25, 0.3) is 0 Å². The summed E-state index contributed by atoms with van der Waals surface area (Å²) in [6.07, 6.45) is 32.8. The molecule has 8 nitrogen and oxygen atoms in total. The molecule has 0 amide bonds. The summed E-state index contributed by atoms with van der Waals surface area (Å²) in [5, 5.41) is 0. The van der Waals surface area contributed by atoms with Gasteiger partial charge in [0, 0.05) is 13.2 Å². The summed E-state index contributed by atoms with van der Waals surface area (Å²) in [5.41, 5.74) is 0.309. The van der Waals surface area contributed by atoms with E-state index in [1.807, 2.05) is 0 Å². The molecule has 6 saturated heterocycles. The van der Waals surface area contributed by atoms with Crippen LogP contribution in [0.5, 0.6) is 0 Å². The third kappa shape index (κ3) is 17.8. The Hall–Kier alpha value is -0.320. The fraction of sp³-hybridized carbons (Fsp3) is 1.00. The summed E-state index contributed by atoms with van der Waals surface area (Å²) in [6.45, 7) is 23.4. The number of fused-ring (bicyclic) bond motifs is 7. The monoisotopic (exact) mass is 821 g/mol. The smallest absolute Gasteiger partial charge is 0.181 e. The molecule has 10 fully saturated rings. The van der Waals surface area contributed by atoms with Gasteiger partial charge in [0.05, 0.1) is 62.0 Å². The van der Waals surface area contributed by atoms with E-state index in [0.29, 0.717) is 36.1 Å². The molecule has 4 aliphatic carbocycles. The van der Waals surface area contributed by atoms with Crippen molar-refractivity contribution in [1.82, 2.24) is 0 Å². The van der Waals surface area contributed by atoms with Crippen LogP contribution >= 0.6 is 0 Å². The normalized spacial score (nSPS) is 39.6. The average Bonchev–Trinajstić information content (AvgIpc) is 4.00. The summed E-state index contributed by atoms with van der Waals surface area (Å²) < 4.78 is 42.1. The molecule has 10 aliphatic rings. The van der Waals surface area contributed by atoms with Crippen molar-refractivity contribution >= 4 is 0 Å². The molecule has 6 heterocycles. The standard InChI is InChI=1S/C11H20O.C10H16O.C9H16O.C7H14O2.C7H14O.C6H12O2/c1-4-8(2)9-5-6-11(3)10(7-9)12-11;1-2-3-6-4-7-5-8(6)10-9(7)11-10;1-2-3-7-4-5-8-9(6-7)10-8;1-2-3-4-8-5-7-6-9-7;1-2-3-4-5-7-6-8-7;1-2-3-4-7-6-5-8-6/h8-10H,4-7H2,1-3H3;6-10H,2-5H2,1H3;7-9H,2-6H2,1H3;7H,2-6H2,1H3;7H,2-6H2,1H3;6H,2-5H2,1H3. The van der Waals surface area contributed by atoms with Crippen molar-refractivity contribution in [2.24, 2.45) is 35.5 Å². The Labute approximate surface area is 357 Å². The quantitative estimate of drug-likeness (QED) is 0.0939. The van der Waals surface area contributed by atoms with E-state index in [2.05, 4.69) is 55.4 Å². The van der Waals surface area contributed by atoms with Gasteiger partial charge in [-0.05, 0) is 113 Å². The molecule has 0 aromatic heterocycles. The number of epoxide rings is 6. The lowest BCUT2D eigenvalue weighted by atomic mass is 9.76. The lowest BCUT2D eigenvalue weighted by molar-refractivity contribution is 0.0486. The Bertz CT molecular complexity index is 1060. The van der Waals surface area contributed by atoms with Gasteiger partial charge in [-0.1, -0.05) is 113 Å². The van der Waals surface area contributed by atoms with Crippen molar-refractivity contribution in [1.29, 1.82) is 0 Å². The molecule has 2 bridgehead atoms. The molecule has 0 aromatic carbocycles. The van der Waals surface area contributed by atoms with E-state index in [1.54, 1.807) is 0 Å². The molecule has 340 valence electrons. The minimum Gasteiger partial charge on any atom is -0.379 e. The molecule has 10 rings (SSSR count). The lowest BCUT2D eigenvalue weighted by Crippen LogP contribution is -2.24. The largest absolute Gasteiger partial charge is 0.379 e. The first-order valence-electron chi connectivity index (χ1n) is 25.3. The predicted octanol–water partition coefficient (Wildman–Crippen LogP) is 11.9. The van der Waals surface area contributed by atoms with Crippen molar-refractivity contribution in [3.05, 3.63) is 0 Å². The van der Waals surface area contributed by atoms with Gasteiger partial charge < -0.3 is 37.9 Å². The summed E-state index contributed by atoms with van der Waals surface area (Å²) in [4.78, 5) is 0. The minimum atomic E-state index is 0.154. The Balaban J connectivity index is 0.000000134. The minimum absolute atomic E-state index is 0.154. The second-order valence-corrected chi connectivity index (χ2v) is 19.9. The highest BCUT2D eigenvalue weighted by Gasteiger charge is 2.62. The van der Waals surface area contributed by atoms with Crippen LogP contribution in [0.4, 0.5) is 0 Å². The van der Waals surface area contributed by atoms with Crippen molar-refractivity contribution in [2.45, 2.75) is 245 Å². The highest BCUT2D eigenvalue weighted by molar-refractivity contribution is 5.10. The fourth-order valence-corrected chi connectivity index (χ4v) is 10.1. The maximum atomic E-state index is 5.69. The first kappa shape index (κ1) is 48.7. The van der Waals surface area contributed by atoms with Crippen LogP contribution in [-0.4, -0.2) is 94.3 Å². The van der Waals surface area contributed by atoms with Crippen LogP contribution < -0.4 is 0 Å². The number of ether oxygens (including phenoxy) is 8. The summed E-state index contributed by atoms with van der Waals surface area (Å²) in [5.74, 6) is 5.82. The molecule has 15 unspecified atom stereocenters. The molecule has 0 spiro atoms. The van der Waals surface area contributed by atoms with E-state index in [1.165, 1.54) is 128 Å². The number of rotatable bonds is 19. The van der Waals surface area contributed by atoms with Crippen LogP contribution in [0.15, 0.2) is 0 Å². The highest BCUT2D eigenvalue weighted by atomic mass is 16.8. The van der Waals surface area contributed by atoms with E-state index in [0.717, 1.165) is 93.8 Å². The Morgan fingerprint density at radius 1 is 0.655 bits per heavy atom. The van der Waals surface area contributed by atoms with Gasteiger partial charge >= 0.3 is 0 Å². The molecule has 0 aromatic rings. The van der Waals surface area contributed by atoms with Gasteiger partial charge in [0.25, 0.3) is 0 Å². The third-order valence-corrected chi connectivity index (χ3v) is 14.7. The first-order chi connectivity index (χ1) is 28.2. The number of hydrogen-bond donors (Lipinski definition) is 0. The maximum absolute atomic E-state index is 5.69. The van der Waals surface area contributed by atoms with Crippen LogP contribution in [0.3, 0.4) is 0 Å². The Morgan fingerprint density at radius 3 is 1.97 bits per heavy atom. The van der Waals surface area contributed by atoms with Gasteiger partial charge in [-0.2, -0.15) is 0 Å². The molecule has 4 saturated carbocycles. The molecule has 0 radical (unpaired) electrons. The molecule has 15 atom stereocenters. The van der Waals surface area contributed by atoms with Crippen LogP contribution in [-0.2, 0) is 37.9 Å². The highest BCUT2D eigenvalue weighted by Crippen LogP contribution is 2.59. The fourth-order valence-electron chi connectivity index (χ4n) is 10.1. The van der Waals surface area contributed by atoms with Crippen molar-refractivity contribution in [3.63, 3.8) is 0 Å². The van der Waals surface area contributed by atoms with Crippen LogP contribution in [0.2, 0.25) is 0 Å². The topological polar surface area (TPSA) is 93.6 Å². The van der Waals surface area contributed by atoms with Gasteiger partial charge in [-0.3, -0.25) is 0 Å². The number of unbranched alkanes of at least 4 members (excludes halogenated alkanes) is 4. The Morgan fingerprint density at radius 2 is 1.38 bits per heavy atom. The zero-order valence-corrected chi connectivity index (χ0v) is 38.9. The van der Waals surface area contributed by atoms with E-state index in [9.17, 15) is 0 Å². The van der Waals surface area contributed by atoms with E-state index in [-0.39, 0.29) is 6.29 Å². The zero-order valence-electron chi connectivity index (χ0n) is 38.9. The number of hydrogen-bond acceptors (Lipinski definition) is 8. The van der Waals surface area contributed by atoms with Gasteiger partial charge in [-0.25, -0.2) is 0 Å². The molecular formula is C50H92O8. The second-order valence-electron chi connectivity index (χ2n) is 19.9. The summed E-state index contributed by atoms with van der Waals surface area (Å²) >= 11 is 0. The Kier molecular flexibility index (Phi) is 21.6. The molecular weight excluding hydrogens is 729 g/mol. The molecule has 8 heteroatoms. The first-order valence-corrected chi connectivity index (χ1v) is 25.3. The van der Waals surface area contributed by atoms with Crippen LogP contribution in [0, 0.1) is 35.5 Å². The van der Waals surface area contributed by atoms with E-state index < -0.39 is 0 Å². The van der Waals surface area contributed by atoms with Crippen molar-refractivity contribution in [3.8, 4) is 0 Å². The van der Waals surface area contributed by atoms with Gasteiger partial charge in [-0.15, -0.1) is 0 Å². The molecule has 58 heavy (non-hydrogen) atoms. The SMILES string of the molecule is CCC(C)C1CCC2(C)OC2C1.CCCC1CC2CC1C1OC21.CCCC1CCC2OC2C1.CCCCCC1CO1.CCCCOC1CO1.CCCCOCC1CO1. The molecule has 6 aliphatic heterocycles. The molecule has 0 N–H and O–H groups in total. The van der Waals surface area contributed by atoms with Crippen molar-refractivity contribution in [2.75, 3.05) is 39.6 Å².